The van der Waals surface area contributed by atoms with Crippen LogP contribution in [0.2, 0.25) is 0 Å². The molecule has 0 radical (unpaired) electrons. The number of H-pyrrole nitrogens is 1. The van der Waals surface area contributed by atoms with Crippen molar-refractivity contribution in [2.45, 2.75) is 37.8 Å². The van der Waals surface area contributed by atoms with E-state index in [1.54, 1.807) is 0 Å². The summed E-state index contributed by atoms with van der Waals surface area (Å²) in [5.74, 6) is -0.326. The van der Waals surface area contributed by atoms with Crippen LogP contribution >= 0.6 is 11.3 Å². The van der Waals surface area contributed by atoms with Gasteiger partial charge in [-0.2, -0.15) is 0 Å². The fourth-order valence-corrected chi connectivity index (χ4v) is 4.09. The zero-order valence-corrected chi connectivity index (χ0v) is 13.9. The molecule has 0 spiro atoms. The number of nitrogens with zero attached hydrogens (tertiary/aromatic N) is 1. The summed E-state index contributed by atoms with van der Waals surface area (Å²) in [5, 5.41) is 15.9. The topological polar surface area (TPSA) is 87.0 Å². The van der Waals surface area contributed by atoms with Crippen molar-refractivity contribution in [3.05, 3.63) is 29.5 Å². The van der Waals surface area contributed by atoms with Crippen molar-refractivity contribution < 1.29 is 9.50 Å². The maximum Gasteiger partial charge on any atom is 0.198 e. The minimum atomic E-state index is -0.459. The van der Waals surface area contributed by atoms with E-state index in [-0.39, 0.29) is 23.8 Å². The van der Waals surface area contributed by atoms with Gasteiger partial charge in [-0.25, -0.2) is 9.37 Å². The Morgan fingerprint density at radius 3 is 2.96 bits per heavy atom. The van der Waals surface area contributed by atoms with Crippen LogP contribution in [0.1, 0.15) is 25.7 Å². The van der Waals surface area contributed by atoms with Crippen LogP contribution in [0.25, 0.3) is 21.3 Å². The number of thiophene rings is 1. The molecule has 4 rings (SSSR count). The number of anilines is 1. The molecule has 2 atom stereocenters. The summed E-state index contributed by atoms with van der Waals surface area (Å²) in [6, 6.07) is 3.83. The van der Waals surface area contributed by atoms with E-state index in [0.29, 0.717) is 16.5 Å². The number of hydrogen-bond donors (Lipinski definition) is 4. The highest BCUT2D eigenvalue weighted by atomic mass is 32.1. The molecule has 7 heteroatoms. The number of halogens is 1. The number of aromatic hydroxyl groups is 1. The van der Waals surface area contributed by atoms with Crippen molar-refractivity contribution in [2.75, 3.05) is 5.32 Å². The second-order valence-corrected chi connectivity index (χ2v) is 7.17. The van der Waals surface area contributed by atoms with Gasteiger partial charge in [0.15, 0.2) is 17.5 Å². The lowest BCUT2D eigenvalue weighted by Crippen LogP contribution is -2.43. The molecule has 1 fully saturated rings. The first-order valence-electron chi connectivity index (χ1n) is 8.10. The highest BCUT2D eigenvalue weighted by Gasteiger charge is 2.25. The van der Waals surface area contributed by atoms with Crippen LogP contribution in [0.15, 0.2) is 23.7 Å². The van der Waals surface area contributed by atoms with Crippen molar-refractivity contribution in [3.63, 3.8) is 0 Å². The normalized spacial score (nSPS) is 21.2. The van der Waals surface area contributed by atoms with Crippen LogP contribution in [0.5, 0.6) is 5.88 Å². The fraction of sp³-hybridized carbons (Fsp3) is 0.353. The summed E-state index contributed by atoms with van der Waals surface area (Å²) < 4.78 is 14.9. The van der Waals surface area contributed by atoms with Gasteiger partial charge in [0.2, 0.25) is 0 Å². The molecule has 3 aromatic heterocycles. The van der Waals surface area contributed by atoms with E-state index in [4.69, 9.17) is 5.73 Å². The van der Waals surface area contributed by atoms with Gasteiger partial charge in [0, 0.05) is 23.7 Å². The van der Waals surface area contributed by atoms with Gasteiger partial charge in [-0.3, -0.25) is 0 Å². The largest absolute Gasteiger partial charge is 0.494 e. The van der Waals surface area contributed by atoms with Crippen molar-refractivity contribution in [1.29, 1.82) is 0 Å². The molecule has 3 aromatic rings. The SMILES string of the molecule is N[C@H]1CCCC[C@H]1Nc1nc(-c2cccs2)c2c(O)[nH]cc2c1F. The third-order valence-electron chi connectivity index (χ3n) is 4.66. The summed E-state index contributed by atoms with van der Waals surface area (Å²) in [6.45, 7) is 0. The molecular formula is C17H19FN4OS. The van der Waals surface area contributed by atoms with Gasteiger partial charge in [-0.15, -0.1) is 11.3 Å². The van der Waals surface area contributed by atoms with Crippen LogP contribution < -0.4 is 11.1 Å². The molecule has 0 bridgehead atoms. The van der Waals surface area contributed by atoms with E-state index in [9.17, 15) is 9.50 Å². The predicted molar refractivity (Wildman–Crippen MR) is 94.9 cm³/mol. The monoisotopic (exact) mass is 346 g/mol. The maximum absolute atomic E-state index is 14.9. The number of hydrogen-bond acceptors (Lipinski definition) is 5. The molecule has 3 heterocycles. The van der Waals surface area contributed by atoms with E-state index in [1.165, 1.54) is 17.5 Å². The molecule has 0 saturated heterocycles. The van der Waals surface area contributed by atoms with Gasteiger partial charge in [0.25, 0.3) is 0 Å². The third-order valence-corrected chi connectivity index (χ3v) is 5.54. The molecule has 1 saturated carbocycles. The Morgan fingerprint density at radius 2 is 2.21 bits per heavy atom. The van der Waals surface area contributed by atoms with Crippen LogP contribution in [-0.4, -0.2) is 27.2 Å². The van der Waals surface area contributed by atoms with Crippen molar-refractivity contribution in [1.82, 2.24) is 9.97 Å². The Hall–Kier alpha value is -2.12. The lowest BCUT2D eigenvalue weighted by molar-refractivity contribution is 0.402. The van der Waals surface area contributed by atoms with Gasteiger partial charge in [-0.05, 0) is 24.3 Å². The summed E-state index contributed by atoms with van der Waals surface area (Å²) in [5.41, 5.74) is 6.75. The Morgan fingerprint density at radius 1 is 1.38 bits per heavy atom. The zero-order valence-electron chi connectivity index (χ0n) is 13.1. The number of aromatic nitrogens is 2. The minimum Gasteiger partial charge on any atom is -0.494 e. The smallest absolute Gasteiger partial charge is 0.198 e. The number of rotatable bonds is 3. The lowest BCUT2D eigenvalue weighted by atomic mass is 9.91. The summed E-state index contributed by atoms with van der Waals surface area (Å²) in [7, 11) is 0. The highest BCUT2D eigenvalue weighted by Crippen LogP contribution is 2.39. The molecule has 5 N–H and O–H groups in total. The first-order chi connectivity index (χ1) is 11.6. The number of pyridine rings is 1. The molecule has 126 valence electrons. The standard InChI is InChI=1S/C17H19FN4OS/c18-14-9-8-20-17(23)13(9)15(12-6-3-7-24-12)22-16(14)21-11-5-2-1-4-10(11)19/h3,6-8,10-11,20-21,23H,1-2,4-5,19H2/t10-,11+/m0/s1. The van der Waals surface area contributed by atoms with Crippen LogP contribution in [0.3, 0.4) is 0 Å². The first kappa shape index (κ1) is 15.4. The molecule has 0 aromatic carbocycles. The van der Waals surface area contributed by atoms with Gasteiger partial charge >= 0.3 is 0 Å². The van der Waals surface area contributed by atoms with Crippen LogP contribution in [0.4, 0.5) is 10.2 Å². The Balaban J connectivity index is 1.82. The van der Waals surface area contributed by atoms with E-state index in [0.717, 1.165) is 30.6 Å². The Labute approximate surface area is 142 Å². The Kier molecular flexibility index (Phi) is 3.90. The molecule has 0 amide bonds. The molecular weight excluding hydrogens is 327 g/mol. The second-order valence-electron chi connectivity index (χ2n) is 6.23. The fourth-order valence-electron chi connectivity index (χ4n) is 3.37. The van der Waals surface area contributed by atoms with Gasteiger partial charge in [0.1, 0.15) is 0 Å². The molecule has 1 aliphatic rings. The van der Waals surface area contributed by atoms with E-state index in [2.05, 4.69) is 15.3 Å². The quantitative estimate of drug-likeness (QED) is 0.581. The van der Waals surface area contributed by atoms with E-state index in [1.807, 2.05) is 17.5 Å². The molecule has 1 aliphatic carbocycles. The van der Waals surface area contributed by atoms with Crippen molar-refractivity contribution in [3.8, 4) is 16.5 Å². The first-order valence-corrected chi connectivity index (χ1v) is 8.98. The van der Waals surface area contributed by atoms with E-state index < -0.39 is 5.82 Å². The minimum absolute atomic E-state index is 0.000428. The number of fused-ring (bicyclic) bond motifs is 1. The molecule has 24 heavy (non-hydrogen) atoms. The zero-order chi connectivity index (χ0) is 16.7. The Bertz CT molecular complexity index is 861. The maximum atomic E-state index is 14.9. The number of aromatic amines is 1. The van der Waals surface area contributed by atoms with Crippen molar-refractivity contribution in [2.24, 2.45) is 5.73 Å². The average molecular weight is 346 g/mol. The van der Waals surface area contributed by atoms with Gasteiger partial charge < -0.3 is 21.1 Å². The summed E-state index contributed by atoms with van der Waals surface area (Å²) in [6.07, 6.45) is 5.51. The average Bonchev–Trinajstić information content (AvgIpc) is 3.23. The third kappa shape index (κ3) is 2.53. The van der Waals surface area contributed by atoms with Crippen LogP contribution in [-0.2, 0) is 0 Å². The number of nitrogens with one attached hydrogen (secondary N) is 2. The second kappa shape index (κ2) is 6.07. The molecule has 5 nitrogen and oxygen atoms in total. The van der Waals surface area contributed by atoms with Crippen molar-refractivity contribution >= 4 is 27.9 Å². The summed E-state index contributed by atoms with van der Waals surface area (Å²) in [4.78, 5) is 8.06. The molecule has 0 unspecified atom stereocenters. The lowest BCUT2D eigenvalue weighted by Gasteiger charge is -2.30. The highest BCUT2D eigenvalue weighted by molar-refractivity contribution is 7.13. The van der Waals surface area contributed by atoms with Gasteiger partial charge in [-0.1, -0.05) is 18.9 Å². The van der Waals surface area contributed by atoms with Crippen LogP contribution in [0, 0.1) is 5.82 Å². The predicted octanol–water partition coefficient (Wildman–Crippen LogP) is 3.82. The van der Waals surface area contributed by atoms with E-state index >= 15 is 0 Å². The number of nitrogens with two attached hydrogens (primary N) is 1. The van der Waals surface area contributed by atoms with Gasteiger partial charge in [0.05, 0.1) is 16.0 Å². The molecule has 0 aliphatic heterocycles. The summed E-state index contributed by atoms with van der Waals surface area (Å²) >= 11 is 1.50.